The third-order valence-corrected chi connectivity index (χ3v) is 4.25. The Morgan fingerprint density at radius 3 is 2.50 bits per heavy atom. The predicted molar refractivity (Wildman–Crippen MR) is 76.2 cm³/mol. The molecule has 1 N–H and O–H groups in total. The number of rotatable bonds is 4. The van der Waals surface area contributed by atoms with Crippen molar-refractivity contribution in [3.63, 3.8) is 0 Å². The smallest absolute Gasteiger partial charge is 0.475 e. The van der Waals surface area contributed by atoms with Crippen LogP contribution >= 0.6 is 0 Å². The third-order valence-electron chi connectivity index (χ3n) is 3.15. The highest BCUT2D eigenvalue weighted by Gasteiger charge is 2.46. The Balaban J connectivity index is 2.35. The van der Waals surface area contributed by atoms with Crippen molar-refractivity contribution in [3.05, 3.63) is 29.8 Å². The molecule has 1 atom stereocenters. The van der Waals surface area contributed by atoms with E-state index in [2.05, 4.69) is 4.99 Å². The molecule has 0 fully saturated rings. The zero-order valence-corrected chi connectivity index (χ0v) is 12.7. The van der Waals surface area contributed by atoms with Crippen LogP contribution in [0.2, 0.25) is 0 Å². The SMILES string of the molecule is CC(C)[C@H]1COC(c2ccccc2NS(=O)(=O)C(F)(F)F)=N1. The zero-order valence-electron chi connectivity index (χ0n) is 11.9. The minimum atomic E-state index is -5.49. The van der Waals surface area contributed by atoms with Gasteiger partial charge in [0, 0.05) is 0 Å². The molecule has 1 aromatic carbocycles. The fourth-order valence-electron chi connectivity index (χ4n) is 1.84. The molecule has 0 saturated heterocycles. The van der Waals surface area contributed by atoms with Crippen LogP contribution in [0, 0.1) is 5.92 Å². The lowest BCUT2D eigenvalue weighted by atomic mass is 10.1. The van der Waals surface area contributed by atoms with Gasteiger partial charge in [-0.25, -0.2) is 4.99 Å². The minimum Gasteiger partial charge on any atom is -0.475 e. The number of hydrogen-bond donors (Lipinski definition) is 1. The first-order valence-corrected chi connectivity index (χ1v) is 7.99. The largest absolute Gasteiger partial charge is 0.516 e. The number of aliphatic imine (C=N–C) groups is 1. The Labute approximate surface area is 126 Å². The molecule has 1 aromatic rings. The second-order valence-electron chi connectivity index (χ2n) is 5.15. The molecular weight excluding hydrogens is 321 g/mol. The van der Waals surface area contributed by atoms with Crippen molar-refractivity contribution < 1.29 is 26.3 Å². The Morgan fingerprint density at radius 1 is 1.32 bits per heavy atom. The number of para-hydroxylation sites is 1. The second-order valence-corrected chi connectivity index (χ2v) is 6.83. The molecule has 9 heteroatoms. The lowest BCUT2D eigenvalue weighted by Crippen LogP contribution is -2.30. The van der Waals surface area contributed by atoms with Crippen LogP contribution < -0.4 is 4.72 Å². The van der Waals surface area contributed by atoms with Gasteiger partial charge in [-0.1, -0.05) is 26.0 Å². The summed E-state index contributed by atoms with van der Waals surface area (Å²) in [5.41, 5.74) is -5.43. The monoisotopic (exact) mass is 336 g/mol. The summed E-state index contributed by atoms with van der Waals surface area (Å²) in [5.74, 6) is 0.343. The van der Waals surface area contributed by atoms with Crippen molar-refractivity contribution in [2.45, 2.75) is 25.4 Å². The standard InChI is InChI=1S/C13H15F3N2O3S/c1-8(2)11-7-21-12(17-11)9-5-3-4-6-10(9)18-22(19,20)13(14,15)16/h3-6,8,11,18H,7H2,1-2H3/t11-/m1/s1. The maximum atomic E-state index is 12.5. The number of sulfonamides is 1. The first-order chi connectivity index (χ1) is 10.1. The molecule has 22 heavy (non-hydrogen) atoms. The highest BCUT2D eigenvalue weighted by atomic mass is 32.2. The van der Waals surface area contributed by atoms with Crippen LogP contribution in [0.3, 0.4) is 0 Å². The summed E-state index contributed by atoms with van der Waals surface area (Å²) >= 11 is 0. The van der Waals surface area contributed by atoms with Crippen LogP contribution in [0.1, 0.15) is 19.4 Å². The fourth-order valence-corrected chi connectivity index (χ4v) is 2.42. The molecule has 0 unspecified atom stereocenters. The van der Waals surface area contributed by atoms with E-state index in [9.17, 15) is 21.6 Å². The van der Waals surface area contributed by atoms with Crippen molar-refractivity contribution in [2.75, 3.05) is 11.3 Å². The van der Waals surface area contributed by atoms with E-state index >= 15 is 0 Å². The summed E-state index contributed by atoms with van der Waals surface area (Å²) in [4.78, 5) is 4.29. The van der Waals surface area contributed by atoms with Crippen molar-refractivity contribution in [3.8, 4) is 0 Å². The molecule has 122 valence electrons. The van der Waals surface area contributed by atoms with Gasteiger partial charge in [-0.05, 0) is 18.1 Å². The van der Waals surface area contributed by atoms with E-state index in [1.807, 2.05) is 13.8 Å². The Hall–Kier alpha value is -1.77. The van der Waals surface area contributed by atoms with E-state index in [1.165, 1.54) is 22.9 Å². The number of anilines is 1. The van der Waals surface area contributed by atoms with Crippen LogP contribution in [-0.4, -0.2) is 32.5 Å². The number of alkyl halides is 3. The highest BCUT2D eigenvalue weighted by molar-refractivity contribution is 7.93. The second kappa shape index (κ2) is 5.79. The van der Waals surface area contributed by atoms with Gasteiger partial charge in [0.05, 0.1) is 17.3 Å². The number of hydrogen-bond acceptors (Lipinski definition) is 4. The molecule has 0 aliphatic carbocycles. The molecule has 0 amide bonds. The molecule has 0 radical (unpaired) electrons. The molecule has 0 saturated carbocycles. The molecule has 0 bridgehead atoms. The summed E-state index contributed by atoms with van der Waals surface area (Å²) in [6.07, 6.45) is 0. The van der Waals surface area contributed by atoms with E-state index in [0.717, 1.165) is 0 Å². The van der Waals surface area contributed by atoms with E-state index in [-0.39, 0.29) is 29.1 Å². The maximum Gasteiger partial charge on any atom is 0.516 e. The topological polar surface area (TPSA) is 67.8 Å². The van der Waals surface area contributed by atoms with Gasteiger partial charge in [0.1, 0.15) is 6.61 Å². The van der Waals surface area contributed by atoms with Crippen LogP contribution in [0.25, 0.3) is 0 Å². The first-order valence-electron chi connectivity index (χ1n) is 6.51. The fraction of sp³-hybridized carbons (Fsp3) is 0.462. The molecule has 1 aliphatic rings. The maximum absolute atomic E-state index is 12.5. The quantitative estimate of drug-likeness (QED) is 0.919. The summed E-state index contributed by atoms with van der Waals surface area (Å²) in [6, 6.07) is 5.56. The van der Waals surface area contributed by atoms with E-state index in [4.69, 9.17) is 4.74 Å². The molecule has 2 rings (SSSR count). The van der Waals surface area contributed by atoms with E-state index < -0.39 is 15.5 Å². The summed E-state index contributed by atoms with van der Waals surface area (Å²) in [7, 11) is -5.49. The van der Waals surface area contributed by atoms with Gasteiger partial charge in [-0.15, -0.1) is 0 Å². The Bertz CT molecular complexity index is 684. The number of nitrogens with one attached hydrogen (secondary N) is 1. The van der Waals surface area contributed by atoms with Gasteiger partial charge in [-0.2, -0.15) is 21.6 Å². The van der Waals surface area contributed by atoms with Gasteiger partial charge >= 0.3 is 15.5 Å². The molecule has 0 aromatic heterocycles. The lowest BCUT2D eigenvalue weighted by molar-refractivity contribution is -0.0429. The first kappa shape index (κ1) is 16.6. The van der Waals surface area contributed by atoms with Gasteiger partial charge in [-0.3, -0.25) is 4.72 Å². The molecular formula is C13H15F3N2O3S. The van der Waals surface area contributed by atoms with E-state index in [0.29, 0.717) is 6.61 Å². The molecule has 5 nitrogen and oxygen atoms in total. The third kappa shape index (κ3) is 3.34. The van der Waals surface area contributed by atoms with Crippen LogP contribution in [0.5, 0.6) is 0 Å². The summed E-state index contributed by atoms with van der Waals surface area (Å²) in [5, 5.41) is 0. The van der Waals surface area contributed by atoms with Gasteiger partial charge in [0.15, 0.2) is 0 Å². The van der Waals surface area contributed by atoms with E-state index in [1.54, 1.807) is 6.07 Å². The predicted octanol–water partition coefficient (Wildman–Crippen LogP) is 2.75. The van der Waals surface area contributed by atoms with Gasteiger partial charge in [0.2, 0.25) is 5.90 Å². The zero-order chi connectivity index (χ0) is 16.5. The number of nitrogens with zero attached hydrogens (tertiary/aromatic N) is 1. The summed E-state index contributed by atoms with van der Waals surface area (Å²) in [6.45, 7) is 4.20. The van der Waals surface area contributed by atoms with Crippen LogP contribution in [0.15, 0.2) is 29.3 Å². The highest BCUT2D eigenvalue weighted by Crippen LogP contribution is 2.28. The van der Waals surface area contributed by atoms with Crippen molar-refractivity contribution in [2.24, 2.45) is 10.9 Å². The van der Waals surface area contributed by atoms with Crippen molar-refractivity contribution in [1.82, 2.24) is 0 Å². The van der Waals surface area contributed by atoms with Crippen molar-refractivity contribution >= 4 is 21.6 Å². The van der Waals surface area contributed by atoms with Gasteiger partial charge in [0.25, 0.3) is 0 Å². The molecule has 0 spiro atoms. The van der Waals surface area contributed by atoms with Crippen LogP contribution in [0.4, 0.5) is 18.9 Å². The number of benzene rings is 1. The Kier molecular flexibility index (Phi) is 4.37. The summed E-state index contributed by atoms with van der Waals surface area (Å²) < 4.78 is 66.9. The molecule has 1 heterocycles. The Morgan fingerprint density at radius 2 is 1.95 bits per heavy atom. The molecule has 1 aliphatic heterocycles. The lowest BCUT2D eigenvalue weighted by Gasteiger charge is -2.13. The average Bonchev–Trinajstić information content (AvgIpc) is 2.87. The van der Waals surface area contributed by atoms with Crippen molar-refractivity contribution in [1.29, 1.82) is 0 Å². The van der Waals surface area contributed by atoms with Gasteiger partial charge < -0.3 is 4.74 Å². The van der Waals surface area contributed by atoms with Crippen LogP contribution in [-0.2, 0) is 14.8 Å². The number of ether oxygens (including phenoxy) is 1. The number of halogens is 3. The normalized spacial score (nSPS) is 19.0. The minimum absolute atomic E-state index is 0.109. The average molecular weight is 336 g/mol.